The molecule has 0 radical (unpaired) electrons. The Hall–Kier alpha value is -3.21. The van der Waals surface area contributed by atoms with Gasteiger partial charge in [0.1, 0.15) is 11.6 Å². The van der Waals surface area contributed by atoms with Crippen molar-refractivity contribution in [3.8, 4) is 5.69 Å². The van der Waals surface area contributed by atoms with E-state index < -0.39 is 29.3 Å². The van der Waals surface area contributed by atoms with Crippen LogP contribution in [0.5, 0.6) is 0 Å². The first-order chi connectivity index (χ1) is 14.7. The van der Waals surface area contributed by atoms with Gasteiger partial charge < -0.3 is 9.80 Å². The first-order valence-electron chi connectivity index (χ1n) is 9.18. The zero-order chi connectivity index (χ0) is 22.2. The Morgan fingerprint density at radius 3 is 2.26 bits per heavy atom. The summed E-state index contributed by atoms with van der Waals surface area (Å²) in [5.74, 6) is -0.819. The Bertz CT molecular complexity index is 1080. The molecule has 0 aliphatic carbocycles. The molecule has 12 heteroatoms. The van der Waals surface area contributed by atoms with Crippen molar-refractivity contribution in [3.63, 3.8) is 0 Å². The standard InChI is InChI=1S/C19H15ClF4N6O/c20-12-1-6-15(25-11-12)28-7-9-29(10-8-28)18(31)16-17(19(22,23)24)30(27-26-16)14-4-2-13(21)3-5-14/h1-6,11H,7-10H2. The number of halogens is 5. The molecule has 31 heavy (non-hydrogen) atoms. The first-order valence-corrected chi connectivity index (χ1v) is 9.56. The van der Waals surface area contributed by atoms with Crippen molar-refractivity contribution < 1.29 is 22.4 Å². The Morgan fingerprint density at radius 1 is 1.00 bits per heavy atom. The van der Waals surface area contributed by atoms with Crippen molar-refractivity contribution in [2.45, 2.75) is 6.18 Å². The highest BCUT2D eigenvalue weighted by Gasteiger charge is 2.43. The Morgan fingerprint density at radius 2 is 1.68 bits per heavy atom. The molecular formula is C19H15ClF4N6O. The van der Waals surface area contributed by atoms with Gasteiger partial charge in [0.2, 0.25) is 0 Å². The van der Waals surface area contributed by atoms with E-state index >= 15 is 0 Å². The molecule has 0 N–H and O–H groups in total. The van der Waals surface area contributed by atoms with Gasteiger partial charge in [-0.05, 0) is 36.4 Å². The molecular weight excluding hydrogens is 440 g/mol. The number of anilines is 1. The van der Waals surface area contributed by atoms with Crippen LogP contribution in [-0.2, 0) is 6.18 Å². The number of nitrogens with zero attached hydrogens (tertiary/aromatic N) is 6. The minimum absolute atomic E-state index is 0.0566. The van der Waals surface area contributed by atoms with E-state index in [1.165, 1.54) is 11.1 Å². The molecule has 7 nitrogen and oxygen atoms in total. The number of hydrogen-bond donors (Lipinski definition) is 0. The van der Waals surface area contributed by atoms with E-state index in [0.29, 0.717) is 28.6 Å². The lowest BCUT2D eigenvalue weighted by atomic mass is 10.2. The lowest BCUT2D eigenvalue weighted by molar-refractivity contribution is -0.143. The third-order valence-electron chi connectivity index (χ3n) is 4.82. The molecule has 0 unspecified atom stereocenters. The second kappa shape index (κ2) is 8.14. The predicted octanol–water partition coefficient (Wildman–Crippen LogP) is 3.44. The minimum Gasteiger partial charge on any atom is -0.353 e. The van der Waals surface area contributed by atoms with E-state index in [1.807, 2.05) is 4.90 Å². The molecule has 0 atom stereocenters. The zero-order valence-electron chi connectivity index (χ0n) is 15.9. The molecule has 2 aromatic heterocycles. The predicted molar refractivity (Wildman–Crippen MR) is 104 cm³/mol. The number of benzene rings is 1. The van der Waals surface area contributed by atoms with Gasteiger partial charge in [-0.1, -0.05) is 16.8 Å². The van der Waals surface area contributed by atoms with E-state index in [-0.39, 0.29) is 18.8 Å². The molecule has 1 aromatic carbocycles. The second-order valence-corrected chi connectivity index (χ2v) is 7.22. The molecule has 1 amide bonds. The summed E-state index contributed by atoms with van der Waals surface area (Å²) in [7, 11) is 0. The highest BCUT2D eigenvalue weighted by Crippen LogP contribution is 2.33. The van der Waals surface area contributed by atoms with Gasteiger partial charge >= 0.3 is 6.18 Å². The summed E-state index contributed by atoms with van der Waals surface area (Å²) in [5.41, 5.74) is -2.15. The largest absolute Gasteiger partial charge is 0.435 e. The number of alkyl halides is 3. The van der Waals surface area contributed by atoms with E-state index in [1.54, 1.807) is 12.1 Å². The molecule has 1 fully saturated rings. The van der Waals surface area contributed by atoms with Gasteiger partial charge in [-0.2, -0.15) is 13.2 Å². The maximum absolute atomic E-state index is 13.8. The zero-order valence-corrected chi connectivity index (χ0v) is 16.6. The summed E-state index contributed by atoms with van der Waals surface area (Å²) < 4.78 is 55.0. The maximum Gasteiger partial charge on any atom is 0.435 e. The Balaban J connectivity index is 1.56. The summed E-state index contributed by atoms with van der Waals surface area (Å²) in [6.45, 7) is 1.13. The summed E-state index contributed by atoms with van der Waals surface area (Å²) in [5, 5.41) is 7.51. The van der Waals surface area contributed by atoms with Crippen molar-refractivity contribution in [3.05, 3.63) is 64.8 Å². The van der Waals surface area contributed by atoms with Crippen LogP contribution in [0.15, 0.2) is 42.6 Å². The van der Waals surface area contributed by atoms with Crippen molar-refractivity contribution in [1.29, 1.82) is 0 Å². The molecule has 1 aliphatic rings. The summed E-state index contributed by atoms with van der Waals surface area (Å²) in [4.78, 5) is 20.3. The highest BCUT2D eigenvalue weighted by molar-refractivity contribution is 6.30. The van der Waals surface area contributed by atoms with E-state index in [4.69, 9.17) is 11.6 Å². The molecule has 3 aromatic rings. The van der Waals surface area contributed by atoms with Gasteiger partial charge in [0.25, 0.3) is 5.91 Å². The quantitative estimate of drug-likeness (QED) is 0.567. The van der Waals surface area contributed by atoms with Crippen LogP contribution in [0.4, 0.5) is 23.4 Å². The number of amides is 1. The number of carbonyl (C=O) groups is 1. The number of hydrogen-bond acceptors (Lipinski definition) is 5. The fraction of sp³-hybridized carbons (Fsp3) is 0.263. The van der Waals surface area contributed by atoms with Crippen LogP contribution in [0.2, 0.25) is 5.02 Å². The molecule has 0 saturated carbocycles. The molecule has 1 saturated heterocycles. The normalized spacial score (nSPS) is 14.7. The number of pyridine rings is 1. The van der Waals surface area contributed by atoms with Gasteiger partial charge in [-0.15, -0.1) is 5.10 Å². The van der Waals surface area contributed by atoms with E-state index in [9.17, 15) is 22.4 Å². The molecule has 3 heterocycles. The van der Waals surface area contributed by atoms with Crippen LogP contribution in [0, 0.1) is 5.82 Å². The molecule has 0 bridgehead atoms. The summed E-state index contributed by atoms with van der Waals surface area (Å²) in [6.07, 6.45) is -3.39. The van der Waals surface area contributed by atoms with Crippen molar-refractivity contribution in [2.24, 2.45) is 0 Å². The average molecular weight is 455 g/mol. The monoisotopic (exact) mass is 454 g/mol. The molecule has 4 rings (SSSR count). The van der Waals surface area contributed by atoms with Crippen LogP contribution in [0.3, 0.4) is 0 Å². The topological polar surface area (TPSA) is 67.2 Å². The second-order valence-electron chi connectivity index (χ2n) is 6.79. The van der Waals surface area contributed by atoms with Crippen molar-refractivity contribution in [2.75, 3.05) is 31.1 Å². The lowest BCUT2D eigenvalue weighted by Crippen LogP contribution is -2.49. The SMILES string of the molecule is O=C(c1nnn(-c2ccc(F)cc2)c1C(F)(F)F)N1CCN(c2ccc(Cl)cn2)CC1. The van der Waals surface area contributed by atoms with E-state index in [2.05, 4.69) is 15.3 Å². The fourth-order valence-electron chi connectivity index (χ4n) is 3.29. The number of aromatic nitrogens is 4. The lowest BCUT2D eigenvalue weighted by Gasteiger charge is -2.35. The van der Waals surface area contributed by atoms with Crippen LogP contribution in [0.1, 0.15) is 16.2 Å². The van der Waals surface area contributed by atoms with Gasteiger partial charge in [-0.25, -0.2) is 14.1 Å². The molecule has 1 aliphatic heterocycles. The third-order valence-corrected chi connectivity index (χ3v) is 5.04. The van der Waals surface area contributed by atoms with Gasteiger partial charge in [0, 0.05) is 32.4 Å². The van der Waals surface area contributed by atoms with Crippen LogP contribution < -0.4 is 4.90 Å². The number of carbonyl (C=O) groups excluding carboxylic acids is 1. The maximum atomic E-state index is 13.8. The van der Waals surface area contributed by atoms with Gasteiger partial charge in [-0.3, -0.25) is 4.79 Å². The first kappa shape index (κ1) is 21.0. The average Bonchev–Trinajstić information content (AvgIpc) is 3.20. The van der Waals surface area contributed by atoms with Crippen molar-refractivity contribution in [1.82, 2.24) is 24.9 Å². The number of rotatable bonds is 3. The number of piperazine rings is 1. The van der Waals surface area contributed by atoms with E-state index in [0.717, 1.165) is 24.3 Å². The summed E-state index contributed by atoms with van der Waals surface area (Å²) >= 11 is 5.83. The summed E-state index contributed by atoms with van der Waals surface area (Å²) in [6, 6.07) is 7.68. The Kier molecular flexibility index (Phi) is 5.52. The third kappa shape index (κ3) is 4.31. The smallest absolute Gasteiger partial charge is 0.353 e. The van der Waals surface area contributed by atoms with Crippen molar-refractivity contribution >= 4 is 23.3 Å². The van der Waals surface area contributed by atoms with Crippen LogP contribution in [-0.4, -0.2) is 57.0 Å². The van der Waals surface area contributed by atoms with Crippen LogP contribution >= 0.6 is 11.6 Å². The molecule has 162 valence electrons. The van der Waals surface area contributed by atoms with Crippen LogP contribution in [0.25, 0.3) is 5.69 Å². The van der Waals surface area contributed by atoms with Gasteiger partial charge in [0.05, 0.1) is 10.7 Å². The minimum atomic E-state index is -4.89. The van der Waals surface area contributed by atoms with Gasteiger partial charge in [0.15, 0.2) is 11.4 Å². The fourth-order valence-corrected chi connectivity index (χ4v) is 3.40. The highest BCUT2D eigenvalue weighted by atomic mass is 35.5. The molecule has 0 spiro atoms. The Labute approximate surface area is 178 Å².